The SMILES string of the molecule is CCCC1SCC(C(=O)O)N1C(=O)c1cccc(F)n1. The van der Waals surface area contributed by atoms with Gasteiger partial charge in [-0.15, -0.1) is 11.8 Å². The third-order valence-corrected chi connectivity index (χ3v) is 4.44. The number of aliphatic carboxylic acids is 1. The molecule has 1 aromatic rings. The molecule has 7 heteroatoms. The average molecular weight is 298 g/mol. The lowest BCUT2D eigenvalue weighted by molar-refractivity contribution is -0.141. The van der Waals surface area contributed by atoms with Gasteiger partial charge in [-0.3, -0.25) is 4.79 Å². The number of amides is 1. The first-order chi connectivity index (χ1) is 9.54. The Hall–Kier alpha value is -1.63. The van der Waals surface area contributed by atoms with Crippen molar-refractivity contribution in [3.05, 3.63) is 29.8 Å². The lowest BCUT2D eigenvalue weighted by Crippen LogP contribution is -2.45. The number of pyridine rings is 1. The van der Waals surface area contributed by atoms with Crippen molar-refractivity contribution >= 4 is 23.6 Å². The number of halogens is 1. The molecular weight excluding hydrogens is 283 g/mol. The van der Waals surface area contributed by atoms with E-state index in [9.17, 15) is 19.1 Å². The molecule has 1 aromatic heterocycles. The molecule has 0 aliphatic carbocycles. The van der Waals surface area contributed by atoms with E-state index in [2.05, 4.69) is 4.98 Å². The summed E-state index contributed by atoms with van der Waals surface area (Å²) < 4.78 is 13.1. The van der Waals surface area contributed by atoms with Crippen molar-refractivity contribution in [3.63, 3.8) is 0 Å². The highest BCUT2D eigenvalue weighted by Gasteiger charge is 2.41. The van der Waals surface area contributed by atoms with E-state index in [0.717, 1.165) is 12.5 Å². The van der Waals surface area contributed by atoms with Crippen LogP contribution in [0.1, 0.15) is 30.3 Å². The summed E-state index contributed by atoms with van der Waals surface area (Å²) in [6.07, 6.45) is 1.54. The molecule has 2 rings (SSSR count). The minimum absolute atomic E-state index is 0.0557. The molecular formula is C13H15FN2O3S. The van der Waals surface area contributed by atoms with Gasteiger partial charge in [-0.2, -0.15) is 4.39 Å². The fraction of sp³-hybridized carbons (Fsp3) is 0.462. The second kappa shape index (κ2) is 6.21. The summed E-state index contributed by atoms with van der Waals surface area (Å²) in [5.41, 5.74) is -0.0557. The van der Waals surface area contributed by atoms with Crippen molar-refractivity contribution < 1.29 is 19.1 Å². The van der Waals surface area contributed by atoms with E-state index in [1.54, 1.807) is 0 Å². The molecule has 20 heavy (non-hydrogen) atoms. The van der Waals surface area contributed by atoms with Gasteiger partial charge in [0.2, 0.25) is 5.95 Å². The Morgan fingerprint density at radius 3 is 2.90 bits per heavy atom. The fourth-order valence-corrected chi connectivity index (χ4v) is 3.67. The number of nitrogens with zero attached hydrogens (tertiary/aromatic N) is 2. The number of carboxylic acid groups (broad SMARTS) is 1. The molecule has 0 spiro atoms. The molecule has 1 fully saturated rings. The molecule has 0 aromatic carbocycles. The third kappa shape index (κ3) is 2.92. The van der Waals surface area contributed by atoms with Crippen molar-refractivity contribution in [3.8, 4) is 0 Å². The van der Waals surface area contributed by atoms with Crippen LogP contribution in [-0.4, -0.2) is 44.0 Å². The molecule has 5 nitrogen and oxygen atoms in total. The normalized spacial score (nSPS) is 22.0. The highest BCUT2D eigenvalue weighted by molar-refractivity contribution is 8.00. The highest BCUT2D eigenvalue weighted by atomic mass is 32.2. The van der Waals surface area contributed by atoms with Gasteiger partial charge < -0.3 is 10.0 Å². The Labute approximate surface area is 120 Å². The standard InChI is InChI=1S/C13H15FN2O3S/c1-2-4-11-16(9(7-20-11)13(18)19)12(17)8-5-3-6-10(14)15-8/h3,5-6,9,11H,2,4,7H2,1H3,(H,18,19). The van der Waals surface area contributed by atoms with Crippen LogP contribution < -0.4 is 0 Å². The van der Waals surface area contributed by atoms with Crippen LogP contribution in [0.4, 0.5) is 4.39 Å². The first kappa shape index (κ1) is 14.8. The van der Waals surface area contributed by atoms with Crippen molar-refractivity contribution in [1.29, 1.82) is 0 Å². The highest BCUT2D eigenvalue weighted by Crippen LogP contribution is 2.33. The smallest absolute Gasteiger partial charge is 0.327 e. The zero-order valence-electron chi connectivity index (χ0n) is 11.0. The predicted octanol–water partition coefficient (Wildman–Crippen LogP) is 1.99. The summed E-state index contributed by atoms with van der Waals surface area (Å²) in [4.78, 5) is 28.5. The van der Waals surface area contributed by atoms with E-state index in [1.807, 2.05) is 6.92 Å². The quantitative estimate of drug-likeness (QED) is 0.861. The van der Waals surface area contributed by atoms with Crippen LogP contribution in [0.15, 0.2) is 18.2 Å². The number of aromatic nitrogens is 1. The predicted molar refractivity (Wildman–Crippen MR) is 72.9 cm³/mol. The van der Waals surface area contributed by atoms with Crippen LogP contribution in [-0.2, 0) is 4.79 Å². The zero-order valence-corrected chi connectivity index (χ0v) is 11.8. The molecule has 2 atom stereocenters. The van der Waals surface area contributed by atoms with E-state index >= 15 is 0 Å². The van der Waals surface area contributed by atoms with Gasteiger partial charge in [0.15, 0.2) is 0 Å². The van der Waals surface area contributed by atoms with Crippen LogP contribution in [0.25, 0.3) is 0 Å². The number of carboxylic acids is 1. The fourth-order valence-electron chi connectivity index (χ4n) is 2.16. The summed E-state index contributed by atoms with van der Waals surface area (Å²) >= 11 is 1.44. The molecule has 0 radical (unpaired) electrons. The Morgan fingerprint density at radius 1 is 1.55 bits per heavy atom. The summed E-state index contributed by atoms with van der Waals surface area (Å²) in [6, 6.07) is 3.06. The molecule has 108 valence electrons. The molecule has 0 bridgehead atoms. The van der Waals surface area contributed by atoms with E-state index in [0.29, 0.717) is 12.2 Å². The van der Waals surface area contributed by atoms with Crippen LogP contribution in [0.2, 0.25) is 0 Å². The molecule has 1 saturated heterocycles. The van der Waals surface area contributed by atoms with Crippen LogP contribution >= 0.6 is 11.8 Å². The Morgan fingerprint density at radius 2 is 2.30 bits per heavy atom. The van der Waals surface area contributed by atoms with E-state index in [-0.39, 0.29) is 11.1 Å². The van der Waals surface area contributed by atoms with Gasteiger partial charge in [-0.1, -0.05) is 19.4 Å². The van der Waals surface area contributed by atoms with Crippen LogP contribution in [0.3, 0.4) is 0 Å². The number of carbonyl (C=O) groups excluding carboxylic acids is 1. The number of carbonyl (C=O) groups is 2. The van der Waals surface area contributed by atoms with Crippen molar-refractivity contribution in [2.75, 3.05) is 5.75 Å². The number of rotatable bonds is 4. The number of hydrogen-bond donors (Lipinski definition) is 1. The van der Waals surface area contributed by atoms with Crippen molar-refractivity contribution in [2.45, 2.75) is 31.2 Å². The van der Waals surface area contributed by atoms with Crippen molar-refractivity contribution in [2.24, 2.45) is 0 Å². The summed E-state index contributed by atoms with van der Waals surface area (Å²) in [7, 11) is 0. The van der Waals surface area contributed by atoms with E-state index < -0.39 is 23.9 Å². The largest absolute Gasteiger partial charge is 0.480 e. The van der Waals surface area contributed by atoms with Gasteiger partial charge in [-0.05, 0) is 18.6 Å². The minimum Gasteiger partial charge on any atom is -0.480 e. The summed E-state index contributed by atoms with van der Waals surface area (Å²) in [6.45, 7) is 1.97. The molecule has 2 heterocycles. The number of thioether (sulfide) groups is 1. The van der Waals surface area contributed by atoms with E-state index in [1.165, 1.54) is 28.8 Å². The van der Waals surface area contributed by atoms with Crippen LogP contribution in [0.5, 0.6) is 0 Å². The zero-order chi connectivity index (χ0) is 14.7. The average Bonchev–Trinajstić information content (AvgIpc) is 2.82. The van der Waals surface area contributed by atoms with E-state index in [4.69, 9.17) is 0 Å². The minimum atomic E-state index is -1.04. The molecule has 1 aliphatic rings. The number of hydrogen-bond acceptors (Lipinski definition) is 4. The Balaban J connectivity index is 2.29. The van der Waals surface area contributed by atoms with Gasteiger partial charge in [-0.25, -0.2) is 9.78 Å². The molecule has 0 saturated carbocycles. The maximum atomic E-state index is 13.1. The molecule has 1 aliphatic heterocycles. The van der Waals surface area contributed by atoms with Gasteiger partial charge in [0.05, 0.1) is 5.37 Å². The third-order valence-electron chi connectivity index (χ3n) is 3.08. The first-order valence-electron chi connectivity index (χ1n) is 6.34. The molecule has 1 amide bonds. The maximum Gasteiger partial charge on any atom is 0.327 e. The lowest BCUT2D eigenvalue weighted by Gasteiger charge is -2.26. The van der Waals surface area contributed by atoms with Crippen molar-refractivity contribution in [1.82, 2.24) is 9.88 Å². The maximum absolute atomic E-state index is 13.1. The Bertz CT molecular complexity index is 526. The summed E-state index contributed by atoms with van der Waals surface area (Å²) in [5.74, 6) is -1.97. The molecule has 2 unspecified atom stereocenters. The van der Waals surface area contributed by atoms with Gasteiger partial charge in [0, 0.05) is 5.75 Å². The van der Waals surface area contributed by atoms with Gasteiger partial charge >= 0.3 is 5.97 Å². The van der Waals surface area contributed by atoms with Gasteiger partial charge in [0.25, 0.3) is 5.91 Å². The first-order valence-corrected chi connectivity index (χ1v) is 7.39. The Kier molecular flexibility index (Phi) is 4.59. The topological polar surface area (TPSA) is 70.5 Å². The van der Waals surface area contributed by atoms with Crippen LogP contribution in [0, 0.1) is 5.95 Å². The second-order valence-electron chi connectivity index (χ2n) is 4.49. The molecule has 1 N–H and O–H groups in total. The summed E-state index contributed by atoms with van der Waals surface area (Å²) in [5, 5.41) is 9.02. The monoisotopic (exact) mass is 298 g/mol. The second-order valence-corrected chi connectivity index (χ2v) is 5.70. The van der Waals surface area contributed by atoms with Gasteiger partial charge in [0.1, 0.15) is 11.7 Å². The lowest BCUT2D eigenvalue weighted by atomic mass is 10.2.